The molecule has 3 rings (SSSR count). The van der Waals surface area contributed by atoms with Gasteiger partial charge in [-0.25, -0.2) is 4.98 Å². The van der Waals surface area contributed by atoms with Crippen molar-refractivity contribution in [2.45, 2.75) is 13.8 Å². The number of aromatic nitrogens is 3. The van der Waals surface area contributed by atoms with Gasteiger partial charge in [-0.05, 0) is 31.6 Å². The van der Waals surface area contributed by atoms with Gasteiger partial charge in [-0.3, -0.25) is 14.2 Å². The molecule has 0 aliphatic carbocycles. The lowest BCUT2D eigenvalue weighted by Crippen LogP contribution is -2.14. The van der Waals surface area contributed by atoms with E-state index in [0.29, 0.717) is 5.69 Å². The Kier molecular flexibility index (Phi) is 3.20. The normalized spacial score (nSPS) is 11.5. The average Bonchev–Trinajstić information content (AvgIpc) is 2.73. The monoisotopic (exact) mass is 283 g/mol. The second kappa shape index (κ2) is 5.02. The van der Waals surface area contributed by atoms with Crippen molar-refractivity contribution in [3.05, 3.63) is 62.8 Å². The average molecular weight is 283 g/mol. The Morgan fingerprint density at radius 3 is 2.90 bits per heavy atom. The van der Waals surface area contributed by atoms with Crippen LogP contribution in [0.15, 0.2) is 35.4 Å². The Balaban J connectivity index is 2.06. The van der Waals surface area contributed by atoms with Gasteiger partial charge in [0.05, 0.1) is 5.69 Å². The summed E-state index contributed by atoms with van der Waals surface area (Å²) >= 11 is 1.53. The van der Waals surface area contributed by atoms with Crippen LogP contribution in [0, 0.1) is 13.8 Å². The SMILES string of the molecule is Cc1sc2nc(/C=C/c3cccnc3)cc(=O)n2c1C. The van der Waals surface area contributed by atoms with Crippen LogP contribution in [0.5, 0.6) is 0 Å². The van der Waals surface area contributed by atoms with Crippen molar-refractivity contribution >= 4 is 28.4 Å². The lowest BCUT2D eigenvalue weighted by atomic mass is 10.2. The summed E-state index contributed by atoms with van der Waals surface area (Å²) in [4.78, 5) is 22.5. The van der Waals surface area contributed by atoms with E-state index in [-0.39, 0.29) is 5.56 Å². The first-order valence-electron chi connectivity index (χ1n) is 6.23. The highest BCUT2D eigenvalue weighted by molar-refractivity contribution is 7.17. The molecule has 0 N–H and O–H groups in total. The molecule has 3 aromatic heterocycles. The standard InChI is InChI=1S/C15H13N3OS/c1-10-11(2)20-15-17-13(8-14(19)18(10)15)6-5-12-4-3-7-16-9-12/h3-9H,1-2H3/b6-5+. The fourth-order valence-corrected chi connectivity index (χ4v) is 2.95. The zero-order valence-corrected chi connectivity index (χ0v) is 12.0. The summed E-state index contributed by atoms with van der Waals surface area (Å²) in [7, 11) is 0. The van der Waals surface area contributed by atoms with Gasteiger partial charge in [0, 0.05) is 29.0 Å². The molecule has 3 aromatic rings. The molecule has 0 radical (unpaired) electrons. The number of hydrogen-bond donors (Lipinski definition) is 0. The van der Waals surface area contributed by atoms with Crippen LogP contribution in [0.3, 0.4) is 0 Å². The molecule has 0 saturated heterocycles. The number of pyridine rings is 1. The molecule has 0 atom stereocenters. The Hall–Kier alpha value is -2.27. The number of thiazole rings is 1. The van der Waals surface area contributed by atoms with E-state index in [1.807, 2.05) is 38.1 Å². The van der Waals surface area contributed by atoms with Gasteiger partial charge in [-0.15, -0.1) is 11.3 Å². The third-order valence-electron chi connectivity index (χ3n) is 3.13. The fourth-order valence-electron chi connectivity index (χ4n) is 1.97. The summed E-state index contributed by atoms with van der Waals surface area (Å²) in [6, 6.07) is 5.38. The van der Waals surface area contributed by atoms with Gasteiger partial charge in [0.1, 0.15) is 0 Å². The summed E-state index contributed by atoms with van der Waals surface area (Å²) in [5, 5.41) is 0. The summed E-state index contributed by atoms with van der Waals surface area (Å²) in [5.74, 6) is 0. The molecular weight excluding hydrogens is 270 g/mol. The van der Waals surface area contributed by atoms with Crippen LogP contribution in [-0.4, -0.2) is 14.4 Å². The van der Waals surface area contributed by atoms with E-state index in [1.165, 1.54) is 11.3 Å². The maximum Gasteiger partial charge on any atom is 0.259 e. The Morgan fingerprint density at radius 2 is 2.15 bits per heavy atom. The second-order valence-electron chi connectivity index (χ2n) is 4.50. The summed E-state index contributed by atoms with van der Waals surface area (Å²) in [6.45, 7) is 3.94. The minimum atomic E-state index is -0.0392. The van der Waals surface area contributed by atoms with Crippen molar-refractivity contribution in [2.75, 3.05) is 0 Å². The van der Waals surface area contributed by atoms with Crippen LogP contribution in [0.4, 0.5) is 0 Å². The predicted molar refractivity (Wildman–Crippen MR) is 82.0 cm³/mol. The quantitative estimate of drug-likeness (QED) is 0.726. The maximum absolute atomic E-state index is 12.1. The van der Waals surface area contributed by atoms with Crippen molar-refractivity contribution < 1.29 is 0 Å². The minimum absolute atomic E-state index is 0.0392. The van der Waals surface area contributed by atoms with E-state index in [9.17, 15) is 4.79 Å². The van der Waals surface area contributed by atoms with Crippen molar-refractivity contribution in [1.82, 2.24) is 14.4 Å². The van der Waals surface area contributed by atoms with Crippen molar-refractivity contribution in [2.24, 2.45) is 0 Å². The number of fused-ring (bicyclic) bond motifs is 1. The minimum Gasteiger partial charge on any atom is -0.269 e. The molecule has 0 aliphatic rings. The zero-order chi connectivity index (χ0) is 14.1. The fraction of sp³-hybridized carbons (Fsp3) is 0.133. The Morgan fingerprint density at radius 1 is 1.30 bits per heavy atom. The van der Waals surface area contributed by atoms with Gasteiger partial charge in [0.15, 0.2) is 4.96 Å². The van der Waals surface area contributed by atoms with E-state index in [0.717, 1.165) is 21.1 Å². The summed E-state index contributed by atoms with van der Waals surface area (Å²) in [5.41, 5.74) is 2.57. The van der Waals surface area contributed by atoms with Crippen molar-refractivity contribution in [3.8, 4) is 0 Å². The topological polar surface area (TPSA) is 47.3 Å². The van der Waals surface area contributed by atoms with Crippen LogP contribution < -0.4 is 5.56 Å². The van der Waals surface area contributed by atoms with Gasteiger partial charge in [-0.2, -0.15) is 0 Å². The van der Waals surface area contributed by atoms with E-state index >= 15 is 0 Å². The van der Waals surface area contributed by atoms with Crippen LogP contribution in [-0.2, 0) is 0 Å². The molecule has 4 nitrogen and oxygen atoms in total. The van der Waals surface area contributed by atoms with Gasteiger partial charge >= 0.3 is 0 Å². The first-order valence-corrected chi connectivity index (χ1v) is 7.05. The highest BCUT2D eigenvalue weighted by Crippen LogP contribution is 2.19. The lowest BCUT2D eigenvalue weighted by Gasteiger charge is -1.97. The Labute approximate surface area is 120 Å². The largest absolute Gasteiger partial charge is 0.269 e. The van der Waals surface area contributed by atoms with Gasteiger partial charge < -0.3 is 0 Å². The van der Waals surface area contributed by atoms with Gasteiger partial charge in [-0.1, -0.05) is 12.1 Å². The van der Waals surface area contributed by atoms with Crippen LogP contribution in [0.1, 0.15) is 21.8 Å². The molecule has 0 fully saturated rings. The molecule has 0 aromatic carbocycles. The predicted octanol–water partition coefficient (Wildman–Crippen LogP) is 2.94. The first-order chi connectivity index (χ1) is 9.65. The molecular formula is C15H13N3OS. The van der Waals surface area contributed by atoms with Crippen molar-refractivity contribution in [3.63, 3.8) is 0 Å². The Bertz CT molecular complexity index is 847. The molecule has 0 saturated carbocycles. The number of rotatable bonds is 2. The second-order valence-corrected chi connectivity index (χ2v) is 5.68. The number of hydrogen-bond acceptors (Lipinski definition) is 4. The van der Waals surface area contributed by atoms with Crippen LogP contribution >= 0.6 is 11.3 Å². The third-order valence-corrected chi connectivity index (χ3v) is 4.19. The molecule has 3 heterocycles. The number of nitrogens with zero attached hydrogens (tertiary/aromatic N) is 3. The molecule has 0 spiro atoms. The van der Waals surface area contributed by atoms with E-state index in [2.05, 4.69) is 9.97 Å². The third kappa shape index (κ3) is 2.28. The van der Waals surface area contributed by atoms with Crippen LogP contribution in [0.2, 0.25) is 0 Å². The molecule has 5 heteroatoms. The molecule has 20 heavy (non-hydrogen) atoms. The molecule has 100 valence electrons. The first kappa shape index (κ1) is 12.7. The number of aryl methyl sites for hydroxylation is 2. The maximum atomic E-state index is 12.1. The summed E-state index contributed by atoms with van der Waals surface area (Å²) < 4.78 is 1.65. The molecule has 0 aliphatic heterocycles. The summed E-state index contributed by atoms with van der Waals surface area (Å²) in [6.07, 6.45) is 7.23. The van der Waals surface area contributed by atoms with E-state index in [1.54, 1.807) is 22.9 Å². The van der Waals surface area contributed by atoms with E-state index < -0.39 is 0 Å². The van der Waals surface area contributed by atoms with Crippen LogP contribution in [0.25, 0.3) is 17.1 Å². The van der Waals surface area contributed by atoms with E-state index in [4.69, 9.17) is 0 Å². The molecule has 0 bridgehead atoms. The van der Waals surface area contributed by atoms with Crippen molar-refractivity contribution in [1.29, 1.82) is 0 Å². The molecule has 0 amide bonds. The lowest BCUT2D eigenvalue weighted by molar-refractivity contribution is 1.01. The molecule has 0 unspecified atom stereocenters. The van der Waals surface area contributed by atoms with Gasteiger partial charge in [0.2, 0.25) is 0 Å². The highest BCUT2D eigenvalue weighted by atomic mass is 32.1. The van der Waals surface area contributed by atoms with Gasteiger partial charge in [0.25, 0.3) is 5.56 Å². The zero-order valence-electron chi connectivity index (χ0n) is 11.2. The highest BCUT2D eigenvalue weighted by Gasteiger charge is 2.08. The smallest absolute Gasteiger partial charge is 0.259 e.